The summed E-state index contributed by atoms with van der Waals surface area (Å²) >= 11 is 0. The lowest BCUT2D eigenvalue weighted by Gasteiger charge is -2.60. The standard InChI is InChI=1S/C25H20B7FN4O4/c26-22(27)20(39)35-21(40)23(28,25(22,31)32)37-12-16-15(19(37)38)2-1-3-18(16)34-11-13-4-5-14(10-17(13)33)24(29,30)36-6-8-41-9-7-36/h1-5,10,34H,6-9,11-12H2,(H,35,39,40). The number of morpholine rings is 1. The van der Waals surface area contributed by atoms with Crippen molar-refractivity contribution >= 4 is 78.3 Å². The lowest BCUT2D eigenvalue weighted by molar-refractivity contribution is -0.140. The van der Waals surface area contributed by atoms with Crippen molar-refractivity contribution in [1.29, 1.82) is 0 Å². The average Bonchev–Trinajstić information content (AvgIpc) is 3.28. The average molecular weight is 535 g/mol. The molecule has 1 atom stereocenters. The fourth-order valence-electron chi connectivity index (χ4n) is 5.37. The number of benzene rings is 2. The molecule has 8 nitrogen and oxygen atoms in total. The highest BCUT2D eigenvalue weighted by Gasteiger charge is 2.63. The molecule has 16 heteroatoms. The van der Waals surface area contributed by atoms with Crippen molar-refractivity contribution in [3.8, 4) is 0 Å². The van der Waals surface area contributed by atoms with Crippen LogP contribution in [0.5, 0.6) is 0 Å². The van der Waals surface area contributed by atoms with Crippen molar-refractivity contribution in [2.75, 3.05) is 31.6 Å². The van der Waals surface area contributed by atoms with Crippen LogP contribution in [0.3, 0.4) is 0 Å². The highest BCUT2D eigenvalue weighted by molar-refractivity contribution is 6.66. The first-order valence-corrected chi connectivity index (χ1v) is 12.8. The molecule has 0 aliphatic carbocycles. The van der Waals surface area contributed by atoms with Crippen molar-refractivity contribution in [1.82, 2.24) is 15.1 Å². The Balaban J connectivity index is 1.37. The number of nitrogens with one attached hydrogen (secondary N) is 2. The number of nitrogens with zero attached hydrogens (tertiary/aromatic N) is 2. The minimum absolute atomic E-state index is 0.0334. The summed E-state index contributed by atoms with van der Waals surface area (Å²) < 4.78 is 20.5. The Kier molecular flexibility index (Phi) is 7.34. The predicted octanol–water partition coefficient (Wildman–Crippen LogP) is -1.40. The van der Waals surface area contributed by atoms with Gasteiger partial charge in [0.25, 0.3) is 5.91 Å². The molecule has 2 aromatic carbocycles. The van der Waals surface area contributed by atoms with Crippen LogP contribution in [0, 0.1) is 5.82 Å². The van der Waals surface area contributed by atoms with Gasteiger partial charge in [-0.25, -0.2) is 4.39 Å². The maximum atomic E-state index is 15.2. The number of halogens is 1. The van der Waals surface area contributed by atoms with E-state index in [9.17, 15) is 14.4 Å². The molecule has 14 radical (unpaired) electrons. The van der Waals surface area contributed by atoms with Crippen molar-refractivity contribution in [2.45, 2.75) is 34.3 Å². The summed E-state index contributed by atoms with van der Waals surface area (Å²) in [7, 11) is 43.0. The molecule has 0 spiro atoms. The molecular formula is C25H20B7FN4O4. The van der Waals surface area contributed by atoms with Gasteiger partial charge in [0.15, 0.2) is 0 Å². The van der Waals surface area contributed by atoms with Gasteiger partial charge < -0.3 is 19.9 Å². The van der Waals surface area contributed by atoms with Gasteiger partial charge in [0.05, 0.1) is 65.7 Å². The number of imide groups is 1. The molecule has 3 aliphatic heterocycles. The minimum atomic E-state index is -2.54. The lowest BCUT2D eigenvalue weighted by atomic mass is 9.21. The van der Waals surface area contributed by atoms with Gasteiger partial charge in [0.2, 0.25) is 11.8 Å². The molecule has 3 heterocycles. The molecule has 0 bridgehead atoms. The van der Waals surface area contributed by atoms with Crippen LogP contribution in [0.15, 0.2) is 36.4 Å². The van der Waals surface area contributed by atoms with E-state index in [1.54, 1.807) is 24.3 Å². The number of rotatable bonds is 6. The van der Waals surface area contributed by atoms with Crippen LogP contribution in [0.1, 0.15) is 27.0 Å². The first kappa shape index (κ1) is 29.6. The Hall–Kier alpha value is -2.85. The number of ether oxygens (including phenoxy) is 1. The van der Waals surface area contributed by atoms with Gasteiger partial charge in [0.1, 0.15) is 13.7 Å². The summed E-state index contributed by atoms with van der Waals surface area (Å²) in [6.07, 6.45) is 0. The molecule has 1 unspecified atom stereocenters. The van der Waals surface area contributed by atoms with Gasteiger partial charge >= 0.3 is 0 Å². The van der Waals surface area contributed by atoms with Crippen LogP contribution in [0.25, 0.3) is 0 Å². The number of carbonyl (C=O) groups is 3. The van der Waals surface area contributed by atoms with Crippen molar-refractivity contribution in [3.05, 3.63) is 64.5 Å². The normalized spacial score (nSPS) is 24.1. The molecule has 3 aliphatic rings. The zero-order valence-electron chi connectivity index (χ0n) is 22.2. The van der Waals surface area contributed by atoms with E-state index in [4.69, 9.17) is 59.7 Å². The summed E-state index contributed by atoms with van der Waals surface area (Å²) in [5, 5.41) is -1.33. The summed E-state index contributed by atoms with van der Waals surface area (Å²) in [5.74, 6) is -3.49. The molecule has 0 aromatic heterocycles. The highest BCUT2D eigenvalue weighted by atomic mass is 19.1. The zero-order valence-corrected chi connectivity index (χ0v) is 22.2. The molecule has 2 saturated heterocycles. The zero-order chi connectivity index (χ0) is 30.0. The van der Waals surface area contributed by atoms with E-state index >= 15 is 4.39 Å². The number of hydrogen-bond acceptors (Lipinski definition) is 6. The van der Waals surface area contributed by atoms with Gasteiger partial charge in [-0.3, -0.25) is 19.7 Å². The molecule has 41 heavy (non-hydrogen) atoms. The number of carbonyl (C=O) groups excluding carboxylic acids is 3. The second-order valence-electron chi connectivity index (χ2n) is 10.6. The van der Waals surface area contributed by atoms with Crippen LogP contribution < -0.4 is 10.6 Å². The topological polar surface area (TPSA) is 91.0 Å². The monoisotopic (exact) mass is 536 g/mol. The fourth-order valence-corrected chi connectivity index (χ4v) is 5.37. The molecule has 2 fully saturated rings. The summed E-state index contributed by atoms with van der Waals surface area (Å²) in [6, 6.07) is 9.32. The van der Waals surface area contributed by atoms with Crippen LogP contribution in [-0.4, -0.2) is 114 Å². The molecule has 2 N–H and O–H groups in total. The van der Waals surface area contributed by atoms with Crippen molar-refractivity contribution < 1.29 is 23.5 Å². The first-order chi connectivity index (χ1) is 19.1. The summed E-state index contributed by atoms with van der Waals surface area (Å²) in [4.78, 5) is 41.4. The van der Waals surface area contributed by atoms with Crippen LogP contribution >= 0.6 is 0 Å². The Morgan fingerprint density at radius 1 is 1.00 bits per heavy atom. The van der Waals surface area contributed by atoms with E-state index in [2.05, 4.69) is 5.32 Å². The number of amides is 3. The first-order valence-electron chi connectivity index (χ1n) is 12.8. The Bertz CT molecular complexity index is 1440. The van der Waals surface area contributed by atoms with Gasteiger partial charge in [-0.2, -0.15) is 0 Å². The SMILES string of the molecule is [B]C([B])(c1ccc(CNc2cccc3c2CN(C2([B])C(=O)NC(=O)C([B])([B])C2([B])[B])C3=O)c(F)c1)N1CCOCC1. The minimum Gasteiger partial charge on any atom is -0.381 e. The Morgan fingerprint density at radius 3 is 2.34 bits per heavy atom. The number of fused-ring (bicyclic) bond motifs is 1. The quantitative estimate of drug-likeness (QED) is 0.350. The van der Waals surface area contributed by atoms with E-state index in [0.29, 0.717) is 48.7 Å². The van der Waals surface area contributed by atoms with Crippen LogP contribution in [-0.2, 0) is 32.8 Å². The maximum absolute atomic E-state index is 15.2. The fraction of sp³-hybridized carbons (Fsp3) is 0.400. The summed E-state index contributed by atoms with van der Waals surface area (Å²) in [6.45, 7) is 1.79. The number of anilines is 1. The van der Waals surface area contributed by atoms with Crippen molar-refractivity contribution in [2.24, 2.45) is 0 Å². The second kappa shape index (κ2) is 10.2. The van der Waals surface area contributed by atoms with Gasteiger partial charge in [-0.15, -0.1) is 0 Å². The van der Waals surface area contributed by atoms with Gasteiger partial charge in [0, 0.05) is 48.6 Å². The van der Waals surface area contributed by atoms with E-state index in [1.165, 1.54) is 12.1 Å². The van der Waals surface area contributed by atoms with Gasteiger partial charge in [-0.1, -0.05) is 23.4 Å². The number of hydrogen-bond donors (Lipinski definition) is 2. The van der Waals surface area contributed by atoms with E-state index in [0.717, 1.165) is 4.90 Å². The lowest BCUT2D eigenvalue weighted by Crippen LogP contribution is -2.75. The van der Waals surface area contributed by atoms with E-state index in [-0.39, 0.29) is 18.7 Å². The number of piperidine rings is 1. The maximum Gasteiger partial charge on any atom is 0.254 e. The summed E-state index contributed by atoms with van der Waals surface area (Å²) in [5.41, 5.74) is -0.679. The molecule has 192 valence electrons. The third-order valence-corrected chi connectivity index (χ3v) is 8.18. The van der Waals surface area contributed by atoms with Crippen molar-refractivity contribution in [3.63, 3.8) is 0 Å². The van der Waals surface area contributed by atoms with Gasteiger partial charge in [-0.05, 0) is 34.3 Å². The molecular weight excluding hydrogens is 515 g/mol. The Labute approximate surface area is 247 Å². The molecule has 5 rings (SSSR count). The third-order valence-electron chi connectivity index (χ3n) is 8.18. The molecule has 0 saturated carbocycles. The van der Waals surface area contributed by atoms with E-state index in [1.807, 2.05) is 10.2 Å². The third kappa shape index (κ3) is 4.49. The largest absolute Gasteiger partial charge is 0.381 e. The van der Waals surface area contributed by atoms with Crippen LogP contribution in [0.2, 0.25) is 10.4 Å². The van der Waals surface area contributed by atoms with Crippen LogP contribution in [0.4, 0.5) is 10.1 Å². The Morgan fingerprint density at radius 2 is 1.68 bits per heavy atom. The highest BCUT2D eigenvalue weighted by Crippen LogP contribution is 2.55. The molecule has 2 aromatic rings. The van der Waals surface area contributed by atoms with E-state index < -0.39 is 44.7 Å². The smallest absolute Gasteiger partial charge is 0.254 e. The molecule has 3 amide bonds. The predicted molar refractivity (Wildman–Crippen MR) is 156 cm³/mol. The second-order valence-corrected chi connectivity index (χ2v) is 10.6.